The summed E-state index contributed by atoms with van der Waals surface area (Å²) in [5, 5.41) is 3.75. The van der Waals surface area contributed by atoms with Gasteiger partial charge in [-0.2, -0.15) is 0 Å². The average molecular weight is 711 g/mol. The third-order valence-electron chi connectivity index (χ3n) is 8.57. The van der Waals surface area contributed by atoms with Crippen LogP contribution in [0.15, 0.2) is 102 Å². The summed E-state index contributed by atoms with van der Waals surface area (Å²) in [5.74, 6) is -1.86. The van der Waals surface area contributed by atoms with Crippen molar-refractivity contribution in [3.8, 4) is 0 Å². The first-order valence-corrected chi connectivity index (χ1v) is 18.1. The third kappa shape index (κ3) is 8.75. The lowest BCUT2D eigenvalue weighted by atomic mass is 9.94. The largest absolute Gasteiger partial charge is 0.352 e. The smallest absolute Gasteiger partial charge is 0.264 e. The van der Waals surface area contributed by atoms with Crippen molar-refractivity contribution in [2.75, 3.05) is 10.8 Å². The highest BCUT2D eigenvalue weighted by Crippen LogP contribution is 2.29. The van der Waals surface area contributed by atoms with Gasteiger partial charge in [-0.3, -0.25) is 13.9 Å². The Morgan fingerprint density at radius 2 is 1.52 bits per heavy atom. The first kappa shape index (κ1) is 35.4. The number of amides is 2. The highest BCUT2D eigenvalue weighted by atomic mass is 35.5. The first-order chi connectivity index (χ1) is 23.0. The zero-order valence-corrected chi connectivity index (χ0v) is 28.9. The van der Waals surface area contributed by atoms with Gasteiger partial charge in [0, 0.05) is 19.0 Å². The quantitative estimate of drug-likeness (QED) is 0.163. The molecule has 0 aliphatic heterocycles. The number of hydrogen-bond acceptors (Lipinski definition) is 4. The highest BCUT2D eigenvalue weighted by molar-refractivity contribution is 7.92. The van der Waals surface area contributed by atoms with Crippen LogP contribution in [-0.4, -0.2) is 43.8 Å². The molecule has 0 bridgehead atoms. The Labute approximate surface area is 291 Å². The Bertz CT molecular complexity index is 1840. The molecule has 1 aliphatic carbocycles. The lowest BCUT2D eigenvalue weighted by Gasteiger charge is -2.35. The van der Waals surface area contributed by atoms with Crippen molar-refractivity contribution >= 4 is 50.7 Å². The van der Waals surface area contributed by atoms with Crippen molar-refractivity contribution in [3.05, 3.63) is 130 Å². The number of benzene rings is 4. The number of aryl methyl sites for hydroxylation is 1. The van der Waals surface area contributed by atoms with Gasteiger partial charge in [-0.25, -0.2) is 12.8 Å². The minimum atomic E-state index is -4.43. The Morgan fingerprint density at radius 1 is 0.854 bits per heavy atom. The molecule has 7 nitrogen and oxygen atoms in total. The molecule has 0 saturated heterocycles. The molecule has 252 valence electrons. The SMILES string of the molecule is Cc1ccc(S(=O)(=O)N(CC(=O)N(Cc2ccc(Cl)c(Cl)c2)C(Cc2ccccc2)C(=O)NC2CCCCC2)c2ccccc2F)cc1. The second kappa shape index (κ2) is 16.0. The van der Waals surface area contributed by atoms with E-state index in [9.17, 15) is 18.0 Å². The normalized spacial score (nSPS) is 14.2. The molecule has 1 saturated carbocycles. The molecule has 0 spiro atoms. The zero-order chi connectivity index (χ0) is 34.3. The van der Waals surface area contributed by atoms with Crippen LogP contribution in [-0.2, 0) is 32.6 Å². The molecule has 1 atom stereocenters. The van der Waals surface area contributed by atoms with Crippen LogP contribution >= 0.6 is 23.2 Å². The number of nitrogens with zero attached hydrogens (tertiary/aromatic N) is 2. The molecule has 11 heteroatoms. The van der Waals surface area contributed by atoms with E-state index >= 15 is 4.39 Å². The molecule has 1 unspecified atom stereocenters. The van der Waals surface area contributed by atoms with E-state index in [2.05, 4.69) is 5.32 Å². The van der Waals surface area contributed by atoms with Crippen molar-refractivity contribution < 1.29 is 22.4 Å². The maximum Gasteiger partial charge on any atom is 0.264 e. The van der Waals surface area contributed by atoms with Gasteiger partial charge in [-0.15, -0.1) is 0 Å². The number of nitrogens with one attached hydrogen (secondary N) is 1. The van der Waals surface area contributed by atoms with Gasteiger partial charge in [0.1, 0.15) is 18.4 Å². The molecule has 1 aliphatic rings. The van der Waals surface area contributed by atoms with E-state index < -0.39 is 34.3 Å². The molecular weight excluding hydrogens is 672 g/mol. The lowest BCUT2D eigenvalue weighted by molar-refractivity contribution is -0.140. The number of sulfonamides is 1. The fourth-order valence-corrected chi connectivity index (χ4v) is 7.68. The van der Waals surface area contributed by atoms with Gasteiger partial charge < -0.3 is 10.2 Å². The molecule has 0 aromatic heterocycles. The molecule has 4 aromatic carbocycles. The van der Waals surface area contributed by atoms with Crippen LogP contribution in [0, 0.1) is 12.7 Å². The average Bonchev–Trinajstić information content (AvgIpc) is 3.08. The third-order valence-corrected chi connectivity index (χ3v) is 11.1. The van der Waals surface area contributed by atoms with Crippen LogP contribution < -0.4 is 9.62 Å². The fraction of sp³-hybridized carbons (Fsp3) is 0.297. The second-order valence-corrected chi connectivity index (χ2v) is 14.8. The minimum absolute atomic E-state index is 0.0386. The molecule has 1 N–H and O–H groups in total. The van der Waals surface area contributed by atoms with E-state index in [4.69, 9.17) is 23.2 Å². The van der Waals surface area contributed by atoms with Gasteiger partial charge in [0.2, 0.25) is 11.8 Å². The van der Waals surface area contributed by atoms with Crippen molar-refractivity contribution in [2.45, 2.75) is 69.0 Å². The lowest BCUT2D eigenvalue weighted by Crippen LogP contribution is -2.55. The number of hydrogen-bond donors (Lipinski definition) is 1. The molecule has 0 heterocycles. The van der Waals surface area contributed by atoms with E-state index in [1.165, 1.54) is 35.2 Å². The van der Waals surface area contributed by atoms with Crippen molar-refractivity contribution in [3.63, 3.8) is 0 Å². The van der Waals surface area contributed by atoms with Gasteiger partial charge in [-0.05, 0) is 67.3 Å². The Kier molecular flexibility index (Phi) is 11.8. The maximum absolute atomic E-state index is 15.3. The molecule has 4 aromatic rings. The molecule has 0 radical (unpaired) electrons. The fourth-order valence-electron chi connectivity index (χ4n) is 5.94. The van der Waals surface area contributed by atoms with Crippen LogP contribution in [0.5, 0.6) is 0 Å². The van der Waals surface area contributed by atoms with Crippen LogP contribution in [0.3, 0.4) is 0 Å². The summed E-state index contributed by atoms with van der Waals surface area (Å²) in [6.07, 6.45) is 4.92. The summed E-state index contributed by atoms with van der Waals surface area (Å²) in [7, 11) is -4.43. The first-order valence-electron chi connectivity index (χ1n) is 15.9. The summed E-state index contributed by atoms with van der Waals surface area (Å²) in [5.41, 5.74) is 1.95. The maximum atomic E-state index is 15.3. The summed E-state index contributed by atoms with van der Waals surface area (Å²) in [4.78, 5) is 30.1. The molecule has 1 fully saturated rings. The predicted octanol–water partition coefficient (Wildman–Crippen LogP) is 7.73. The van der Waals surface area contributed by atoms with E-state index in [1.807, 2.05) is 37.3 Å². The van der Waals surface area contributed by atoms with Gasteiger partial charge in [0.05, 0.1) is 20.6 Å². The van der Waals surface area contributed by atoms with E-state index in [-0.39, 0.29) is 40.5 Å². The number of rotatable bonds is 12. The van der Waals surface area contributed by atoms with Crippen LogP contribution in [0.4, 0.5) is 10.1 Å². The monoisotopic (exact) mass is 709 g/mol. The van der Waals surface area contributed by atoms with Crippen LogP contribution in [0.1, 0.15) is 48.8 Å². The van der Waals surface area contributed by atoms with E-state index in [0.717, 1.165) is 53.6 Å². The summed E-state index contributed by atoms with van der Waals surface area (Å²) >= 11 is 12.5. The van der Waals surface area contributed by atoms with E-state index in [0.29, 0.717) is 10.6 Å². The number of halogens is 3. The minimum Gasteiger partial charge on any atom is -0.352 e. The predicted molar refractivity (Wildman–Crippen MR) is 188 cm³/mol. The summed E-state index contributed by atoms with van der Waals surface area (Å²) < 4.78 is 44.4. The number of para-hydroxylation sites is 1. The topological polar surface area (TPSA) is 86.8 Å². The Morgan fingerprint density at radius 3 is 2.19 bits per heavy atom. The highest BCUT2D eigenvalue weighted by Gasteiger charge is 2.36. The standard InChI is InChI=1S/C37H38Cl2FN3O4S/c1-26-16-19-30(20-17-26)48(46,47)43(34-15-9-8-14-33(34)40)25-36(44)42(24-28-18-21-31(38)32(39)22-28)35(23-27-10-4-2-5-11-27)37(45)41-29-12-6-3-7-13-29/h2,4-5,8-11,14-22,29,35H,3,6-7,12-13,23-25H2,1H3,(H,41,45). The Balaban J connectivity index is 1.58. The number of carbonyl (C=O) groups is 2. The second-order valence-electron chi connectivity index (χ2n) is 12.1. The van der Waals surface area contributed by atoms with Crippen molar-refractivity contribution in [1.29, 1.82) is 0 Å². The van der Waals surface area contributed by atoms with Gasteiger partial charge >= 0.3 is 0 Å². The summed E-state index contributed by atoms with van der Waals surface area (Å²) in [6, 6.07) is 24.7. The van der Waals surface area contributed by atoms with Crippen molar-refractivity contribution in [2.24, 2.45) is 0 Å². The van der Waals surface area contributed by atoms with Crippen LogP contribution in [0.2, 0.25) is 10.0 Å². The van der Waals surface area contributed by atoms with E-state index in [1.54, 1.807) is 30.3 Å². The molecule has 2 amide bonds. The molecular formula is C37H38Cl2FN3O4S. The van der Waals surface area contributed by atoms with Gasteiger partial charge in [-0.1, -0.05) is 109 Å². The number of anilines is 1. The van der Waals surface area contributed by atoms with Crippen molar-refractivity contribution in [1.82, 2.24) is 10.2 Å². The van der Waals surface area contributed by atoms with Gasteiger partial charge in [0.15, 0.2) is 0 Å². The molecule has 5 rings (SSSR count). The summed E-state index contributed by atoms with van der Waals surface area (Å²) in [6.45, 7) is 0.974. The Hall–Kier alpha value is -3.92. The van der Waals surface area contributed by atoms with Crippen LogP contribution in [0.25, 0.3) is 0 Å². The molecule has 48 heavy (non-hydrogen) atoms. The number of carbonyl (C=O) groups excluding carboxylic acids is 2. The zero-order valence-electron chi connectivity index (χ0n) is 26.6. The van der Waals surface area contributed by atoms with Gasteiger partial charge in [0.25, 0.3) is 10.0 Å².